The summed E-state index contributed by atoms with van der Waals surface area (Å²) in [5.41, 5.74) is 2.42. The summed E-state index contributed by atoms with van der Waals surface area (Å²) >= 11 is 7.84. The second-order valence-electron chi connectivity index (χ2n) is 4.35. The molecule has 1 unspecified atom stereocenters. The normalized spacial score (nSPS) is 11.9. The lowest BCUT2D eigenvalue weighted by atomic mass is 10.1. The average molecular weight is 292 g/mol. The number of rotatable bonds is 3. The molecule has 5 heteroatoms. The van der Waals surface area contributed by atoms with Crippen LogP contribution in [0.15, 0.2) is 18.2 Å². The lowest BCUT2D eigenvalue weighted by molar-refractivity contribution is 0.837. The molecule has 0 saturated carbocycles. The van der Waals surface area contributed by atoms with E-state index in [1.165, 1.54) is 4.88 Å². The highest BCUT2D eigenvalue weighted by Gasteiger charge is 2.14. The molecule has 0 aliphatic heterocycles. The molecule has 0 saturated heterocycles. The lowest BCUT2D eigenvalue weighted by Gasteiger charge is -2.15. The summed E-state index contributed by atoms with van der Waals surface area (Å²) in [6, 6.07) is 7.39. The molecule has 98 valence electrons. The zero-order valence-electron chi connectivity index (χ0n) is 11.0. The Labute approximate surface area is 121 Å². The second-order valence-corrected chi connectivity index (χ2v) is 6.16. The zero-order chi connectivity index (χ0) is 14.0. The molecule has 0 aliphatic rings. The van der Waals surface area contributed by atoms with Crippen molar-refractivity contribution < 1.29 is 0 Å². The van der Waals surface area contributed by atoms with Gasteiger partial charge in [0.2, 0.25) is 0 Å². The molecule has 0 amide bonds. The first kappa shape index (κ1) is 13.9. The molecular weight excluding hydrogens is 278 g/mol. The quantitative estimate of drug-likeness (QED) is 0.908. The van der Waals surface area contributed by atoms with E-state index >= 15 is 0 Å². The fraction of sp³-hybridized carbons (Fsp3) is 0.286. The first-order valence-electron chi connectivity index (χ1n) is 5.91. The van der Waals surface area contributed by atoms with Crippen molar-refractivity contribution in [3.05, 3.63) is 44.4 Å². The predicted molar refractivity (Wildman–Crippen MR) is 79.8 cm³/mol. The minimum absolute atomic E-state index is 0.0791. The van der Waals surface area contributed by atoms with Gasteiger partial charge >= 0.3 is 0 Å². The van der Waals surface area contributed by atoms with Crippen LogP contribution in [-0.2, 0) is 0 Å². The number of nitrogens with one attached hydrogen (secondary N) is 1. The number of hydrogen-bond donors (Lipinski definition) is 1. The molecule has 1 aromatic heterocycles. The maximum Gasteiger partial charge on any atom is 0.0992 e. The second kappa shape index (κ2) is 5.60. The van der Waals surface area contributed by atoms with E-state index in [1.807, 2.05) is 13.0 Å². The average Bonchev–Trinajstić information content (AvgIpc) is 2.71. The molecular formula is C14H14ClN3S. The van der Waals surface area contributed by atoms with Gasteiger partial charge in [-0.1, -0.05) is 11.6 Å². The molecule has 0 spiro atoms. The van der Waals surface area contributed by atoms with Crippen LogP contribution in [0.4, 0.5) is 5.69 Å². The Balaban J connectivity index is 2.22. The van der Waals surface area contributed by atoms with Gasteiger partial charge in [0.1, 0.15) is 0 Å². The van der Waals surface area contributed by atoms with Gasteiger partial charge in [0, 0.05) is 4.88 Å². The van der Waals surface area contributed by atoms with Crippen LogP contribution in [0, 0.1) is 25.2 Å². The summed E-state index contributed by atoms with van der Waals surface area (Å²) in [5, 5.41) is 13.8. The van der Waals surface area contributed by atoms with Crippen LogP contribution in [-0.4, -0.2) is 4.98 Å². The van der Waals surface area contributed by atoms with E-state index in [9.17, 15) is 0 Å². The monoisotopic (exact) mass is 291 g/mol. The molecule has 0 radical (unpaired) electrons. The third kappa shape index (κ3) is 3.06. The summed E-state index contributed by atoms with van der Waals surface area (Å²) in [6.45, 7) is 6.12. The highest BCUT2D eigenvalue weighted by atomic mass is 35.5. The molecule has 1 aromatic carbocycles. The Bertz CT molecular complexity index is 643. The molecule has 0 fully saturated rings. The van der Waals surface area contributed by atoms with Crippen molar-refractivity contribution in [3.63, 3.8) is 0 Å². The van der Waals surface area contributed by atoms with E-state index < -0.39 is 0 Å². The minimum Gasteiger partial charge on any atom is -0.376 e. The van der Waals surface area contributed by atoms with Gasteiger partial charge in [0.05, 0.1) is 39.1 Å². The van der Waals surface area contributed by atoms with Gasteiger partial charge in [-0.25, -0.2) is 4.98 Å². The number of aryl methyl sites for hydroxylation is 2. The van der Waals surface area contributed by atoms with E-state index in [0.29, 0.717) is 10.6 Å². The van der Waals surface area contributed by atoms with Gasteiger partial charge in [0.15, 0.2) is 0 Å². The fourth-order valence-corrected chi connectivity index (χ4v) is 3.10. The molecule has 0 aliphatic carbocycles. The highest BCUT2D eigenvalue weighted by molar-refractivity contribution is 7.11. The molecule has 0 bridgehead atoms. The van der Waals surface area contributed by atoms with Crippen LogP contribution in [0.25, 0.3) is 0 Å². The largest absolute Gasteiger partial charge is 0.376 e. The van der Waals surface area contributed by atoms with Gasteiger partial charge in [-0.15, -0.1) is 11.3 Å². The van der Waals surface area contributed by atoms with Gasteiger partial charge in [-0.2, -0.15) is 5.26 Å². The summed E-state index contributed by atoms with van der Waals surface area (Å²) in [6.07, 6.45) is 0. The van der Waals surface area contributed by atoms with Crippen LogP contribution in [0.2, 0.25) is 5.02 Å². The smallest absolute Gasteiger partial charge is 0.0992 e. The number of anilines is 1. The van der Waals surface area contributed by atoms with Crippen LogP contribution >= 0.6 is 22.9 Å². The van der Waals surface area contributed by atoms with Crippen LogP contribution in [0.1, 0.15) is 34.1 Å². The van der Waals surface area contributed by atoms with Gasteiger partial charge in [-0.05, 0) is 39.0 Å². The van der Waals surface area contributed by atoms with Crippen LogP contribution in [0.3, 0.4) is 0 Å². The number of nitrogens with zero attached hydrogens (tertiary/aromatic N) is 2. The van der Waals surface area contributed by atoms with Gasteiger partial charge in [-0.3, -0.25) is 0 Å². The first-order valence-corrected chi connectivity index (χ1v) is 7.11. The van der Waals surface area contributed by atoms with Crippen LogP contribution < -0.4 is 5.32 Å². The Kier molecular flexibility index (Phi) is 4.08. The number of nitriles is 1. The van der Waals surface area contributed by atoms with Crippen molar-refractivity contribution in [3.8, 4) is 6.07 Å². The number of aromatic nitrogens is 1. The molecule has 2 aromatic rings. The van der Waals surface area contributed by atoms with Crippen molar-refractivity contribution in [2.24, 2.45) is 0 Å². The van der Waals surface area contributed by atoms with E-state index in [2.05, 4.69) is 30.2 Å². The molecule has 19 heavy (non-hydrogen) atoms. The van der Waals surface area contributed by atoms with E-state index in [0.717, 1.165) is 16.4 Å². The van der Waals surface area contributed by atoms with Crippen molar-refractivity contribution in [1.29, 1.82) is 5.26 Å². The Morgan fingerprint density at radius 1 is 1.42 bits per heavy atom. The first-order chi connectivity index (χ1) is 9.01. The Morgan fingerprint density at radius 2 is 2.16 bits per heavy atom. The number of thiazole rings is 1. The lowest BCUT2D eigenvalue weighted by Crippen LogP contribution is -2.08. The zero-order valence-corrected chi connectivity index (χ0v) is 12.6. The Hall–Kier alpha value is -1.57. The molecule has 1 atom stereocenters. The summed E-state index contributed by atoms with van der Waals surface area (Å²) in [5.74, 6) is 0. The van der Waals surface area contributed by atoms with E-state index in [1.54, 1.807) is 23.5 Å². The van der Waals surface area contributed by atoms with Crippen molar-refractivity contribution in [1.82, 2.24) is 4.98 Å². The predicted octanol–water partition coefficient (Wildman–Crippen LogP) is 4.46. The summed E-state index contributed by atoms with van der Waals surface area (Å²) < 4.78 is 0. The number of benzene rings is 1. The fourth-order valence-electron chi connectivity index (χ4n) is 1.95. The maximum atomic E-state index is 8.81. The van der Waals surface area contributed by atoms with Crippen molar-refractivity contribution in [2.75, 3.05) is 5.32 Å². The van der Waals surface area contributed by atoms with Gasteiger partial charge < -0.3 is 5.32 Å². The molecule has 2 rings (SSSR count). The van der Waals surface area contributed by atoms with E-state index in [-0.39, 0.29) is 6.04 Å². The third-order valence-electron chi connectivity index (χ3n) is 2.82. The van der Waals surface area contributed by atoms with Crippen LogP contribution in [0.5, 0.6) is 0 Å². The SMILES string of the molecule is Cc1nc(C(C)Nc2ccc(C#N)cc2Cl)c(C)s1. The number of hydrogen-bond acceptors (Lipinski definition) is 4. The third-order valence-corrected chi connectivity index (χ3v) is 4.03. The molecule has 1 heterocycles. The maximum absolute atomic E-state index is 8.81. The number of halogens is 1. The van der Waals surface area contributed by atoms with E-state index in [4.69, 9.17) is 16.9 Å². The summed E-state index contributed by atoms with van der Waals surface area (Å²) in [7, 11) is 0. The molecule has 3 nitrogen and oxygen atoms in total. The van der Waals surface area contributed by atoms with Crippen molar-refractivity contribution >= 4 is 28.6 Å². The molecule has 1 N–H and O–H groups in total. The highest BCUT2D eigenvalue weighted by Crippen LogP contribution is 2.29. The topological polar surface area (TPSA) is 48.7 Å². The van der Waals surface area contributed by atoms with Gasteiger partial charge in [0.25, 0.3) is 0 Å². The summed E-state index contributed by atoms with van der Waals surface area (Å²) in [4.78, 5) is 5.74. The Morgan fingerprint density at radius 3 is 2.68 bits per heavy atom. The van der Waals surface area contributed by atoms with Crippen molar-refractivity contribution in [2.45, 2.75) is 26.8 Å². The standard InChI is InChI=1S/C14H14ClN3S/c1-8(14-9(2)19-10(3)18-14)17-13-5-4-11(7-16)6-12(13)15/h4-6,8,17H,1-3H3. The minimum atomic E-state index is 0.0791.